The van der Waals surface area contributed by atoms with E-state index in [0.29, 0.717) is 5.01 Å². The molecule has 0 spiro atoms. The van der Waals surface area contributed by atoms with Gasteiger partial charge in [-0.3, -0.25) is 14.4 Å². The topological polar surface area (TPSA) is 97.4 Å². The smallest absolute Gasteiger partial charge is 0.325 e. The maximum Gasteiger partial charge on any atom is 0.325 e. The molecule has 0 atom stereocenters. The molecule has 1 heterocycles. The number of esters is 1. The van der Waals surface area contributed by atoms with Gasteiger partial charge in [-0.25, -0.2) is 4.98 Å². The third-order valence-corrected chi connectivity index (χ3v) is 4.97. The molecule has 0 aliphatic heterocycles. The summed E-state index contributed by atoms with van der Waals surface area (Å²) in [7, 11) is 1.23. The van der Waals surface area contributed by atoms with Gasteiger partial charge in [0.25, 0.3) is 0 Å². The van der Waals surface area contributed by atoms with Crippen LogP contribution >= 0.6 is 11.3 Å². The average molecular weight is 397 g/mol. The second-order valence-corrected chi connectivity index (χ2v) is 7.08. The molecule has 2 N–H and O–H groups in total. The molecule has 28 heavy (non-hydrogen) atoms. The Morgan fingerprint density at radius 2 is 1.71 bits per heavy atom. The monoisotopic (exact) mass is 397 g/mol. The van der Waals surface area contributed by atoms with Crippen LogP contribution in [0, 0.1) is 0 Å². The van der Waals surface area contributed by atoms with E-state index in [1.54, 1.807) is 0 Å². The minimum atomic E-state index is -0.552. The lowest BCUT2D eigenvalue weighted by Crippen LogP contribution is -2.39. The number of carbonyl (C=O) groups excluding carboxylic acids is 3. The highest BCUT2D eigenvalue weighted by atomic mass is 32.1. The fourth-order valence-electron chi connectivity index (χ4n) is 2.54. The number of hydrogen-bond acceptors (Lipinski definition) is 6. The molecule has 0 bridgehead atoms. The number of carbonyl (C=O) groups is 3. The highest BCUT2D eigenvalue weighted by Crippen LogP contribution is 2.28. The number of ether oxygens (including phenoxy) is 1. The highest BCUT2D eigenvalue weighted by molar-refractivity contribution is 7.18. The van der Waals surface area contributed by atoms with Crippen molar-refractivity contribution in [3.63, 3.8) is 0 Å². The van der Waals surface area contributed by atoms with Crippen LogP contribution in [-0.4, -0.2) is 43.0 Å². The lowest BCUT2D eigenvalue weighted by atomic mass is 10.1. The van der Waals surface area contributed by atoms with Crippen LogP contribution < -0.4 is 10.6 Å². The summed E-state index contributed by atoms with van der Waals surface area (Å²) < 4.78 is 5.42. The third-order valence-electron chi connectivity index (χ3n) is 3.96. The van der Waals surface area contributed by atoms with Gasteiger partial charge in [-0.1, -0.05) is 36.4 Å². The number of amides is 2. The number of rotatable bonds is 7. The van der Waals surface area contributed by atoms with E-state index >= 15 is 0 Å². The second kappa shape index (κ2) is 9.09. The van der Waals surface area contributed by atoms with Crippen molar-refractivity contribution in [2.24, 2.45) is 0 Å². The van der Waals surface area contributed by atoms with Crippen molar-refractivity contribution in [3.8, 4) is 11.1 Å². The summed E-state index contributed by atoms with van der Waals surface area (Å²) in [4.78, 5) is 39.1. The van der Waals surface area contributed by atoms with Crippen molar-refractivity contribution in [1.82, 2.24) is 15.6 Å². The molecule has 2 amide bonds. The van der Waals surface area contributed by atoms with E-state index in [1.807, 2.05) is 42.5 Å². The molecule has 1 aromatic heterocycles. The lowest BCUT2D eigenvalue weighted by molar-refractivity contribution is -0.141. The minimum Gasteiger partial charge on any atom is -0.468 e. The first kappa shape index (κ1) is 19.5. The number of nitrogens with one attached hydrogen (secondary N) is 2. The Hall–Kier alpha value is -3.26. The van der Waals surface area contributed by atoms with Crippen LogP contribution in [0.5, 0.6) is 0 Å². The summed E-state index contributed by atoms with van der Waals surface area (Å²) in [6.45, 7) is -0.439. The van der Waals surface area contributed by atoms with E-state index in [-0.39, 0.29) is 25.4 Å². The van der Waals surface area contributed by atoms with Crippen molar-refractivity contribution in [2.75, 3.05) is 20.2 Å². The number of aromatic nitrogens is 1. The third kappa shape index (κ3) is 5.14. The average Bonchev–Trinajstić information content (AvgIpc) is 3.12. The van der Waals surface area contributed by atoms with E-state index in [1.165, 1.54) is 18.4 Å². The van der Waals surface area contributed by atoms with Gasteiger partial charge in [-0.05, 0) is 23.3 Å². The van der Waals surface area contributed by atoms with Crippen LogP contribution in [0.3, 0.4) is 0 Å². The van der Waals surface area contributed by atoms with E-state index in [9.17, 15) is 14.4 Å². The van der Waals surface area contributed by atoms with Crippen LogP contribution in [0.4, 0.5) is 0 Å². The molecule has 3 aromatic rings. The van der Waals surface area contributed by atoms with E-state index in [2.05, 4.69) is 26.4 Å². The molecule has 0 unspecified atom stereocenters. The van der Waals surface area contributed by atoms with Crippen molar-refractivity contribution >= 4 is 39.3 Å². The zero-order chi connectivity index (χ0) is 19.9. The Morgan fingerprint density at radius 1 is 0.964 bits per heavy atom. The standard InChI is InChI=1S/C20H19N3O4S/c1-27-20(26)12-22-18(25)11-21-17(24)10-19-23-15-8-7-14(9-16(15)28-19)13-5-3-2-4-6-13/h2-9H,10-12H2,1H3,(H,21,24)(H,22,25). The van der Waals surface area contributed by atoms with Crippen LogP contribution in [0.1, 0.15) is 5.01 Å². The summed E-state index contributed by atoms with van der Waals surface area (Å²) >= 11 is 1.45. The van der Waals surface area contributed by atoms with Crippen LogP contribution in [-0.2, 0) is 25.5 Å². The summed E-state index contributed by atoms with van der Waals surface area (Å²) in [5.74, 6) is -1.32. The summed E-state index contributed by atoms with van der Waals surface area (Å²) in [5, 5.41) is 5.55. The number of benzene rings is 2. The first-order valence-corrected chi connectivity index (χ1v) is 9.42. The predicted octanol–water partition coefficient (Wildman–Crippen LogP) is 1.91. The Kier molecular flexibility index (Phi) is 6.33. The predicted molar refractivity (Wildman–Crippen MR) is 107 cm³/mol. The Morgan fingerprint density at radius 3 is 2.46 bits per heavy atom. The van der Waals surface area contributed by atoms with E-state index in [0.717, 1.165) is 21.3 Å². The van der Waals surface area contributed by atoms with Gasteiger partial charge in [0.2, 0.25) is 11.8 Å². The molecular weight excluding hydrogens is 378 g/mol. The van der Waals surface area contributed by atoms with Gasteiger partial charge in [0.15, 0.2) is 0 Å². The fraction of sp³-hybridized carbons (Fsp3) is 0.200. The molecule has 0 fully saturated rings. The zero-order valence-electron chi connectivity index (χ0n) is 15.2. The highest BCUT2D eigenvalue weighted by Gasteiger charge is 2.12. The molecule has 3 rings (SSSR count). The van der Waals surface area contributed by atoms with E-state index < -0.39 is 11.9 Å². The van der Waals surface area contributed by atoms with E-state index in [4.69, 9.17) is 0 Å². The molecule has 2 aromatic carbocycles. The Labute approximate surface area is 165 Å². The van der Waals surface area contributed by atoms with Gasteiger partial charge < -0.3 is 15.4 Å². The van der Waals surface area contributed by atoms with Gasteiger partial charge >= 0.3 is 5.97 Å². The molecule has 0 saturated heterocycles. The van der Waals surface area contributed by atoms with Crippen molar-refractivity contribution in [2.45, 2.75) is 6.42 Å². The number of fused-ring (bicyclic) bond motifs is 1. The van der Waals surface area contributed by atoms with Gasteiger partial charge in [0, 0.05) is 0 Å². The molecule has 0 saturated carbocycles. The number of hydrogen-bond donors (Lipinski definition) is 2. The molecule has 0 aliphatic carbocycles. The lowest BCUT2D eigenvalue weighted by Gasteiger charge is -2.05. The molecule has 0 aliphatic rings. The normalized spacial score (nSPS) is 10.5. The summed E-state index contributed by atoms with van der Waals surface area (Å²) in [5.41, 5.74) is 3.05. The first-order chi connectivity index (χ1) is 13.5. The van der Waals surface area contributed by atoms with Crippen molar-refractivity contribution in [1.29, 1.82) is 0 Å². The molecule has 144 valence electrons. The van der Waals surface area contributed by atoms with Gasteiger partial charge in [-0.2, -0.15) is 0 Å². The molecule has 8 heteroatoms. The van der Waals surface area contributed by atoms with Crippen LogP contribution in [0.2, 0.25) is 0 Å². The second-order valence-electron chi connectivity index (χ2n) is 5.96. The van der Waals surface area contributed by atoms with Gasteiger partial charge in [0.05, 0.1) is 30.3 Å². The SMILES string of the molecule is COC(=O)CNC(=O)CNC(=O)Cc1nc2ccc(-c3ccccc3)cc2s1. The number of methoxy groups -OCH3 is 1. The fourth-order valence-corrected chi connectivity index (χ4v) is 3.55. The van der Waals surface area contributed by atoms with Gasteiger partial charge in [-0.15, -0.1) is 11.3 Å². The maximum atomic E-state index is 12.1. The largest absolute Gasteiger partial charge is 0.468 e. The number of thiazole rings is 1. The molecular formula is C20H19N3O4S. The maximum absolute atomic E-state index is 12.1. The number of nitrogens with zero attached hydrogens (tertiary/aromatic N) is 1. The first-order valence-electron chi connectivity index (χ1n) is 8.60. The van der Waals surface area contributed by atoms with Crippen LogP contribution in [0.15, 0.2) is 48.5 Å². The van der Waals surface area contributed by atoms with Crippen molar-refractivity contribution < 1.29 is 19.1 Å². The molecule has 0 radical (unpaired) electrons. The van der Waals surface area contributed by atoms with Crippen molar-refractivity contribution in [3.05, 3.63) is 53.5 Å². The summed E-state index contributed by atoms with van der Waals surface area (Å²) in [6, 6.07) is 16.0. The quantitative estimate of drug-likeness (QED) is 0.594. The summed E-state index contributed by atoms with van der Waals surface area (Å²) in [6.07, 6.45) is 0.0876. The van der Waals surface area contributed by atoms with Gasteiger partial charge in [0.1, 0.15) is 11.6 Å². The van der Waals surface area contributed by atoms with Crippen LogP contribution in [0.25, 0.3) is 21.3 Å². The minimum absolute atomic E-state index is 0.0876. The molecule has 7 nitrogen and oxygen atoms in total. The Balaban J connectivity index is 1.57. The Bertz CT molecular complexity index is 1000. The zero-order valence-corrected chi connectivity index (χ0v) is 16.0.